The van der Waals surface area contributed by atoms with Gasteiger partial charge in [-0.1, -0.05) is 36.4 Å². The number of aliphatic imine (C=N–C) groups is 1. The van der Waals surface area contributed by atoms with Crippen molar-refractivity contribution < 1.29 is 8.96 Å². The van der Waals surface area contributed by atoms with Crippen LogP contribution in [0.25, 0.3) is 5.69 Å². The van der Waals surface area contributed by atoms with Gasteiger partial charge in [-0.2, -0.15) is 5.10 Å². The Hall–Kier alpha value is -3.70. The molecule has 6 nitrogen and oxygen atoms in total. The van der Waals surface area contributed by atoms with Crippen LogP contribution in [0.3, 0.4) is 0 Å². The predicted octanol–water partition coefficient (Wildman–Crippen LogP) is 5.58. The third kappa shape index (κ3) is 3.55. The molecule has 33 heavy (non-hydrogen) atoms. The predicted molar refractivity (Wildman–Crippen MR) is 131 cm³/mol. The molecule has 0 bridgehead atoms. The Morgan fingerprint density at radius 3 is 2.27 bits per heavy atom. The molecule has 5 rings (SSSR count). The number of fused-ring (bicyclic) bond motifs is 1. The third-order valence-corrected chi connectivity index (χ3v) is 8.48. The van der Waals surface area contributed by atoms with E-state index in [1.165, 1.54) is 12.1 Å². The van der Waals surface area contributed by atoms with Crippen molar-refractivity contribution in [2.45, 2.75) is 13.8 Å². The fourth-order valence-corrected chi connectivity index (χ4v) is 6.48. The van der Waals surface area contributed by atoms with E-state index in [4.69, 9.17) is 10.1 Å². The van der Waals surface area contributed by atoms with Crippen molar-refractivity contribution in [3.05, 3.63) is 102 Å². The van der Waals surface area contributed by atoms with Gasteiger partial charge < -0.3 is 5.09 Å². The number of hydrogen-bond donors (Lipinski definition) is 1. The van der Waals surface area contributed by atoms with Gasteiger partial charge >= 0.3 is 0 Å². The number of aryl methyl sites for hydroxylation is 2. The summed E-state index contributed by atoms with van der Waals surface area (Å²) in [5, 5.41) is 8.59. The number of hydrogen-bond acceptors (Lipinski definition) is 3. The van der Waals surface area contributed by atoms with Crippen molar-refractivity contribution in [3.63, 3.8) is 0 Å². The number of benzene rings is 3. The van der Waals surface area contributed by atoms with E-state index < -0.39 is 7.44 Å². The van der Waals surface area contributed by atoms with Crippen LogP contribution in [-0.2, 0) is 4.57 Å². The summed E-state index contributed by atoms with van der Waals surface area (Å²) in [4.78, 5) is 4.89. The highest BCUT2D eigenvalue weighted by molar-refractivity contribution is 7.72. The number of nitrogens with one attached hydrogen (secondary N) is 1. The Bertz CT molecular complexity index is 1410. The second-order valence-electron chi connectivity index (χ2n) is 7.97. The zero-order chi connectivity index (χ0) is 23.2. The molecule has 2 heterocycles. The second-order valence-corrected chi connectivity index (χ2v) is 10.4. The van der Waals surface area contributed by atoms with E-state index in [0.29, 0.717) is 28.2 Å². The van der Waals surface area contributed by atoms with Gasteiger partial charge in [0.05, 0.1) is 11.4 Å². The van der Waals surface area contributed by atoms with Gasteiger partial charge in [-0.25, -0.2) is 14.1 Å². The van der Waals surface area contributed by atoms with Gasteiger partial charge in [-0.15, -0.1) is 0 Å². The first kappa shape index (κ1) is 21.2. The molecular weight excluding hydrogens is 436 g/mol. The SMILES string of the molecule is Cc1ccccc1N[P@]1(=O)c2c(C)nn(-c3ccccc3)c2N=C(c2ccc(F)cc2)N1C. The summed E-state index contributed by atoms with van der Waals surface area (Å²) in [7, 11) is -1.69. The summed E-state index contributed by atoms with van der Waals surface area (Å²) >= 11 is 0. The first-order valence-corrected chi connectivity index (χ1v) is 12.2. The average molecular weight is 459 g/mol. The highest BCUT2D eigenvalue weighted by Gasteiger charge is 2.43. The molecule has 1 aromatic heterocycles. The lowest BCUT2D eigenvalue weighted by molar-refractivity contribution is 0.553. The minimum absolute atomic E-state index is 0.343. The Labute approximate surface area is 191 Å². The van der Waals surface area contributed by atoms with Crippen molar-refractivity contribution in [2.75, 3.05) is 12.1 Å². The molecule has 0 unspecified atom stereocenters. The van der Waals surface area contributed by atoms with Crippen molar-refractivity contribution >= 4 is 30.1 Å². The van der Waals surface area contributed by atoms with E-state index >= 15 is 0 Å². The van der Waals surface area contributed by atoms with Gasteiger partial charge in [0.2, 0.25) is 0 Å². The first-order valence-electron chi connectivity index (χ1n) is 10.6. The number of anilines is 1. The highest BCUT2D eigenvalue weighted by atomic mass is 31.2. The standard InChI is InChI=1S/C25H23FN5OP/c1-17-9-7-8-12-22(17)29-33(32)23-18(2)28-31(21-10-5-4-6-11-21)25(23)27-24(30(33)3)19-13-15-20(26)16-14-19/h4-16H,1-3H3,(H,29,32)/t33-/m1/s1. The Morgan fingerprint density at radius 1 is 0.909 bits per heavy atom. The maximum absolute atomic E-state index is 14.8. The van der Waals surface area contributed by atoms with Gasteiger partial charge in [0.1, 0.15) is 17.0 Å². The number of aromatic nitrogens is 2. The van der Waals surface area contributed by atoms with E-state index in [1.807, 2.05) is 68.4 Å². The molecule has 0 saturated carbocycles. The van der Waals surface area contributed by atoms with Gasteiger partial charge in [-0.05, 0) is 61.9 Å². The van der Waals surface area contributed by atoms with Crippen LogP contribution in [0.2, 0.25) is 0 Å². The fourth-order valence-electron chi connectivity index (χ4n) is 4.01. The second kappa shape index (κ2) is 8.01. The van der Waals surface area contributed by atoms with E-state index in [-0.39, 0.29) is 5.82 Å². The van der Waals surface area contributed by atoms with Crippen LogP contribution in [0.4, 0.5) is 15.9 Å². The summed E-state index contributed by atoms with van der Waals surface area (Å²) in [6.45, 7) is 3.81. The van der Waals surface area contributed by atoms with Crippen LogP contribution in [0, 0.1) is 19.7 Å². The molecule has 0 spiro atoms. The van der Waals surface area contributed by atoms with Gasteiger partial charge in [0.15, 0.2) is 5.82 Å². The molecule has 1 aliphatic rings. The quantitative estimate of drug-likeness (QED) is 0.405. The largest absolute Gasteiger partial charge is 0.316 e. The molecule has 0 aliphatic carbocycles. The maximum atomic E-state index is 14.8. The first-order chi connectivity index (χ1) is 15.9. The van der Waals surface area contributed by atoms with E-state index in [2.05, 4.69) is 5.09 Å². The fraction of sp³-hybridized carbons (Fsp3) is 0.120. The molecule has 1 N–H and O–H groups in total. The lowest BCUT2D eigenvalue weighted by atomic mass is 10.2. The maximum Gasteiger partial charge on any atom is 0.296 e. The molecule has 3 aromatic carbocycles. The number of amidine groups is 1. The highest BCUT2D eigenvalue weighted by Crippen LogP contribution is 2.54. The molecular formula is C25H23FN5OP. The number of halogens is 1. The van der Waals surface area contributed by atoms with Crippen LogP contribution >= 0.6 is 7.44 Å². The molecule has 0 amide bonds. The van der Waals surface area contributed by atoms with Crippen molar-refractivity contribution in [2.24, 2.45) is 4.99 Å². The zero-order valence-corrected chi connectivity index (χ0v) is 19.4. The topological polar surface area (TPSA) is 62.5 Å². The van der Waals surface area contributed by atoms with E-state index in [1.54, 1.807) is 28.5 Å². The van der Waals surface area contributed by atoms with Crippen molar-refractivity contribution in [1.82, 2.24) is 14.5 Å². The zero-order valence-electron chi connectivity index (χ0n) is 18.5. The molecule has 1 atom stereocenters. The van der Waals surface area contributed by atoms with Gasteiger partial charge in [0, 0.05) is 18.3 Å². The van der Waals surface area contributed by atoms with Gasteiger partial charge in [-0.3, -0.25) is 9.24 Å². The molecule has 166 valence electrons. The third-order valence-electron chi connectivity index (χ3n) is 5.77. The van der Waals surface area contributed by atoms with Crippen LogP contribution in [0.1, 0.15) is 16.8 Å². The molecule has 0 radical (unpaired) electrons. The Morgan fingerprint density at radius 2 is 1.58 bits per heavy atom. The smallest absolute Gasteiger partial charge is 0.296 e. The van der Waals surface area contributed by atoms with Crippen LogP contribution in [0.5, 0.6) is 0 Å². The average Bonchev–Trinajstić information content (AvgIpc) is 3.16. The molecule has 1 aliphatic heterocycles. The molecule has 0 fully saturated rings. The summed E-state index contributed by atoms with van der Waals surface area (Å²) in [6.07, 6.45) is 0. The van der Waals surface area contributed by atoms with Crippen LogP contribution in [-0.4, -0.2) is 27.3 Å². The summed E-state index contributed by atoms with van der Waals surface area (Å²) in [5.41, 5.74) is 3.85. The Balaban J connectivity index is 1.76. The molecule has 4 aromatic rings. The van der Waals surface area contributed by atoms with Crippen LogP contribution in [0.15, 0.2) is 83.9 Å². The van der Waals surface area contributed by atoms with Crippen molar-refractivity contribution in [1.29, 1.82) is 0 Å². The van der Waals surface area contributed by atoms with E-state index in [0.717, 1.165) is 16.9 Å². The number of rotatable bonds is 4. The summed E-state index contributed by atoms with van der Waals surface area (Å²) in [5.74, 6) is 0.634. The summed E-state index contributed by atoms with van der Waals surface area (Å²) in [6, 6.07) is 23.4. The minimum Gasteiger partial charge on any atom is -0.316 e. The normalized spacial score (nSPS) is 17.5. The molecule has 0 saturated heterocycles. The summed E-state index contributed by atoms with van der Waals surface area (Å²) < 4.78 is 31.8. The number of para-hydroxylation sites is 2. The number of nitrogens with zero attached hydrogens (tertiary/aromatic N) is 4. The van der Waals surface area contributed by atoms with E-state index in [9.17, 15) is 8.96 Å². The monoisotopic (exact) mass is 459 g/mol. The molecule has 8 heteroatoms. The van der Waals surface area contributed by atoms with Gasteiger partial charge in [0.25, 0.3) is 7.44 Å². The van der Waals surface area contributed by atoms with Crippen LogP contribution < -0.4 is 10.4 Å². The lowest BCUT2D eigenvalue weighted by Gasteiger charge is -2.35. The Kier molecular flexibility index (Phi) is 5.14. The van der Waals surface area contributed by atoms with Crippen molar-refractivity contribution in [3.8, 4) is 5.69 Å². The minimum atomic E-state index is -3.44. The lowest BCUT2D eigenvalue weighted by Crippen LogP contribution is -2.36.